The van der Waals surface area contributed by atoms with Gasteiger partial charge in [0.2, 0.25) is 0 Å². The van der Waals surface area contributed by atoms with Crippen LogP contribution in [-0.2, 0) is 0 Å². The molecule has 0 radical (unpaired) electrons. The van der Waals surface area contributed by atoms with Gasteiger partial charge in [-0.3, -0.25) is 0 Å². The van der Waals surface area contributed by atoms with Crippen molar-refractivity contribution >= 4 is 0 Å². The molecule has 0 saturated carbocycles. The van der Waals surface area contributed by atoms with E-state index < -0.39 is 0 Å². The summed E-state index contributed by atoms with van der Waals surface area (Å²) in [5.41, 5.74) is 0.484. The fraction of sp³-hybridized carbons (Fsp3) is 1.00. The second-order valence-electron chi connectivity index (χ2n) is 6.17. The Labute approximate surface area is 110 Å². The fourth-order valence-corrected chi connectivity index (χ4v) is 2.29. The van der Waals surface area contributed by atoms with Gasteiger partial charge in [-0.25, -0.2) is 0 Å². The standard InChI is InChI=1S/C16H35N/c1-5-7-8-9-10-11-12-13-14-16(3,4)15-17-6-2/h17H,5-15H2,1-4H3. The van der Waals surface area contributed by atoms with Crippen LogP contribution in [0.1, 0.15) is 85.5 Å². The van der Waals surface area contributed by atoms with E-state index in [1.807, 2.05) is 0 Å². The Morgan fingerprint density at radius 1 is 0.765 bits per heavy atom. The largest absolute Gasteiger partial charge is 0.316 e. The van der Waals surface area contributed by atoms with Crippen LogP contribution >= 0.6 is 0 Å². The summed E-state index contributed by atoms with van der Waals surface area (Å²) in [6.07, 6.45) is 12.8. The van der Waals surface area contributed by atoms with Crippen molar-refractivity contribution in [2.24, 2.45) is 5.41 Å². The molecule has 1 heteroatoms. The van der Waals surface area contributed by atoms with Crippen molar-refractivity contribution in [2.75, 3.05) is 13.1 Å². The van der Waals surface area contributed by atoms with E-state index in [0.29, 0.717) is 5.41 Å². The molecule has 0 aromatic rings. The Morgan fingerprint density at radius 2 is 1.29 bits per heavy atom. The van der Waals surface area contributed by atoms with Gasteiger partial charge < -0.3 is 5.32 Å². The van der Waals surface area contributed by atoms with Gasteiger partial charge in [0.1, 0.15) is 0 Å². The summed E-state index contributed by atoms with van der Waals surface area (Å²) in [5.74, 6) is 0. The first-order chi connectivity index (χ1) is 8.12. The topological polar surface area (TPSA) is 12.0 Å². The molecule has 1 nitrogen and oxygen atoms in total. The molecule has 0 bridgehead atoms. The minimum absolute atomic E-state index is 0.484. The quantitative estimate of drug-likeness (QED) is 0.466. The van der Waals surface area contributed by atoms with E-state index in [4.69, 9.17) is 0 Å². The van der Waals surface area contributed by atoms with Crippen LogP contribution in [0.3, 0.4) is 0 Å². The van der Waals surface area contributed by atoms with Gasteiger partial charge >= 0.3 is 0 Å². The second kappa shape index (κ2) is 11.1. The summed E-state index contributed by atoms with van der Waals surface area (Å²) in [7, 11) is 0. The van der Waals surface area contributed by atoms with Crippen LogP contribution in [0, 0.1) is 5.41 Å². The van der Waals surface area contributed by atoms with Gasteiger partial charge in [-0.1, -0.05) is 79.1 Å². The molecule has 0 amide bonds. The van der Waals surface area contributed by atoms with Gasteiger partial charge in [-0.05, 0) is 18.4 Å². The van der Waals surface area contributed by atoms with Crippen molar-refractivity contribution in [3.8, 4) is 0 Å². The number of hydrogen-bond donors (Lipinski definition) is 1. The molecular weight excluding hydrogens is 206 g/mol. The normalized spacial score (nSPS) is 12.0. The molecule has 0 spiro atoms. The smallest absolute Gasteiger partial charge is 0.000240 e. The summed E-state index contributed by atoms with van der Waals surface area (Å²) in [5, 5.41) is 3.46. The van der Waals surface area contributed by atoms with Crippen molar-refractivity contribution in [3.63, 3.8) is 0 Å². The highest BCUT2D eigenvalue weighted by Crippen LogP contribution is 2.23. The first-order valence-electron chi connectivity index (χ1n) is 7.83. The lowest BCUT2D eigenvalue weighted by Gasteiger charge is -2.24. The van der Waals surface area contributed by atoms with Crippen LogP contribution in [0.2, 0.25) is 0 Å². The minimum atomic E-state index is 0.484. The molecule has 104 valence electrons. The molecule has 0 aliphatic rings. The molecule has 0 fully saturated rings. The van der Waals surface area contributed by atoms with E-state index in [1.165, 1.54) is 64.3 Å². The zero-order valence-corrected chi connectivity index (χ0v) is 12.8. The van der Waals surface area contributed by atoms with E-state index in [9.17, 15) is 0 Å². The van der Waals surface area contributed by atoms with Gasteiger partial charge in [0.05, 0.1) is 0 Å². The Hall–Kier alpha value is -0.0400. The van der Waals surface area contributed by atoms with Crippen molar-refractivity contribution in [2.45, 2.75) is 85.5 Å². The van der Waals surface area contributed by atoms with Crippen LogP contribution in [0.15, 0.2) is 0 Å². The Bertz CT molecular complexity index is 152. The molecule has 17 heavy (non-hydrogen) atoms. The maximum atomic E-state index is 3.46. The molecule has 0 aromatic heterocycles. The average Bonchev–Trinajstić information content (AvgIpc) is 2.30. The summed E-state index contributed by atoms with van der Waals surface area (Å²) < 4.78 is 0. The number of unbranched alkanes of at least 4 members (excludes halogenated alkanes) is 7. The summed E-state index contributed by atoms with van der Waals surface area (Å²) in [6, 6.07) is 0. The van der Waals surface area contributed by atoms with Crippen LogP contribution in [0.5, 0.6) is 0 Å². The van der Waals surface area contributed by atoms with Crippen LogP contribution < -0.4 is 5.32 Å². The van der Waals surface area contributed by atoms with E-state index >= 15 is 0 Å². The van der Waals surface area contributed by atoms with Crippen molar-refractivity contribution in [1.82, 2.24) is 5.32 Å². The molecular formula is C16H35N. The summed E-state index contributed by atoms with van der Waals surface area (Å²) >= 11 is 0. The molecule has 0 aliphatic heterocycles. The Kier molecular flexibility index (Phi) is 11.0. The fourth-order valence-electron chi connectivity index (χ4n) is 2.29. The predicted octanol–water partition coefficient (Wildman–Crippen LogP) is 5.15. The second-order valence-corrected chi connectivity index (χ2v) is 6.17. The molecule has 0 atom stereocenters. The maximum Gasteiger partial charge on any atom is 0.000240 e. The lowest BCUT2D eigenvalue weighted by Crippen LogP contribution is -2.29. The minimum Gasteiger partial charge on any atom is -0.316 e. The van der Waals surface area contributed by atoms with Crippen LogP contribution in [0.25, 0.3) is 0 Å². The highest BCUT2D eigenvalue weighted by molar-refractivity contribution is 4.71. The monoisotopic (exact) mass is 241 g/mol. The number of nitrogens with one attached hydrogen (secondary N) is 1. The number of rotatable bonds is 12. The summed E-state index contributed by atoms with van der Waals surface area (Å²) in [4.78, 5) is 0. The van der Waals surface area contributed by atoms with Gasteiger partial charge in [0.25, 0.3) is 0 Å². The highest BCUT2D eigenvalue weighted by Gasteiger charge is 2.15. The molecule has 0 heterocycles. The Balaban J connectivity index is 3.26. The lowest BCUT2D eigenvalue weighted by atomic mass is 9.86. The molecule has 0 unspecified atom stereocenters. The van der Waals surface area contributed by atoms with Crippen molar-refractivity contribution < 1.29 is 0 Å². The first-order valence-corrected chi connectivity index (χ1v) is 7.83. The zero-order chi connectivity index (χ0) is 13.0. The van der Waals surface area contributed by atoms with E-state index in [2.05, 4.69) is 33.0 Å². The van der Waals surface area contributed by atoms with Gasteiger partial charge in [0.15, 0.2) is 0 Å². The third kappa shape index (κ3) is 12.2. The highest BCUT2D eigenvalue weighted by atomic mass is 14.9. The van der Waals surface area contributed by atoms with E-state index in [-0.39, 0.29) is 0 Å². The predicted molar refractivity (Wildman–Crippen MR) is 79.6 cm³/mol. The lowest BCUT2D eigenvalue weighted by molar-refractivity contribution is 0.303. The van der Waals surface area contributed by atoms with Gasteiger partial charge in [-0.2, -0.15) is 0 Å². The molecule has 0 aliphatic carbocycles. The third-order valence-corrected chi connectivity index (χ3v) is 3.56. The van der Waals surface area contributed by atoms with Crippen LogP contribution in [0.4, 0.5) is 0 Å². The molecule has 0 rings (SSSR count). The van der Waals surface area contributed by atoms with Crippen LogP contribution in [-0.4, -0.2) is 13.1 Å². The first kappa shape index (κ1) is 17.0. The van der Waals surface area contributed by atoms with Crippen molar-refractivity contribution in [3.05, 3.63) is 0 Å². The Morgan fingerprint density at radius 3 is 1.82 bits per heavy atom. The molecule has 0 aromatic carbocycles. The zero-order valence-electron chi connectivity index (χ0n) is 12.8. The van der Waals surface area contributed by atoms with Crippen molar-refractivity contribution in [1.29, 1.82) is 0 Å². The van der Waals surface area contributed by atoms with E-state index in [0.717, 1.165) is 6.54 Å². The third-order valence-electron chi connectivity index (χ3n) is 3.56. The number of hydrogen-bond acceptors (Lipinski definition) is 1. The molecule has 1 N–H and O–H groups in total. The SMILES string of the molecule is CCCCCCCCCCC(C)(C)CNCC. The van der Waals surface area contributed by atoms with Gasteiger partial charge in [-0.15, -0.1) is 0 Å². The van der Waals surface area contributed by atoms with Gasteiger partial charge in [0, 0.05) is 6.54 Å². The molecule has 0 saturated heterocycles. The summed E-state index contributed by atoms with van der Waals surface area (Å²) in [6.45, 7) is 11.5. The average molecular weight is 241 g/mol. The van der Waals surface area contributed by atoms with E-state index in [1.54, 1.807) is 0 Å². The maximum absolute atomic E-state index is 3.46.